The molecule has 0 atom stereocenters. The van der Waals surface area contributed by atoms with Crippen molar-refractivity contribution in [3.63, 3.8) is 0 Å². The van der Waals surface area contributed by atoms with E-state index in [2.05, 4.69) is 10.1 Å². The lowest BCUT2D eigenvalue weighted by molar-refractivity contribution is -0.543. The summed E-state index contributed by atoms with van der Waals surface area (Å²) in [6.45, 7) is 0. The summed E-state index contributed by atoms with van der Waals surface area (Å²) in [5.41, 5.74) is 6.60. The third kappa shape index (κ3) is 0.367. The molecule has 0 aromatic rings. The molecule has 1 aliphatic rings. The van der Waals surface area contributed by atoms with Crippen molar-refractivity contribution in [3.8, 4) is 0 Å². The minimum absolute atomic E-state index is 0.481. The molecular formula is C2H5N4+. The molecule has 0 saturated carbocycles. The molecule has 6 heavy (non-hydrogen) atoms. The van der Waals surface area contributed by atoms with Crippen molar-refractivity contribution in [3.05, 3.63) is 0 Å². The first-order chi connectivity index (χ1) is 2.89. The highest BCUT2D eigenvalue weighted by Gasteiger charge is 1.95. The van der Waals surface area contributed by atoms with Crippen LogP contribution < -0.4 is 11.2 Å². The van der Waals surface area contributed by atoms with Gasteiger partial charge in [0.1, 0.15) is 0 Å². The normalized spacial score (nSPS) is 18.3. The molecule has 0 radical (unpaired) electrons. The van der Waals surface area contributed by atoms with Gasteiger partial charge in [0.15, 0.2) is 6.34 Å². The van der Waals surface area contributed by atoms with Gasteiger partial charge < -0.3 is 5.73 Å². The zero-order chi connectivity index (χ0) is 4.41. The standard InChI is InChI=1S/C2H4N4/c3-2-4-1-5-6-2/h1H,(H3,3,4,5,6)/p+1. The largest absolute Gasteiger partial charge is 0.336 e. The molecule has 4 heteroatoms. The van der Waals surface area contributed by atoms with Crippen molar-refractivity contribution in [1.82, 2.24) is 0 Å². The van der Waals surface area contributed by atoms with Gasteiger partial charge in [-0.1, -0.05) is 5.10 Å². The molecule has 0 fully saturated rings. The number of quaternary nitrogens is 1. The fraction of sp³-hybridized carbons (Fsp3) is 0. The van der Waals surface area contributed by atoms with Crippen molar-refractivity contribution < 1.29 is 5.43 Å². The van der Waals surface area contributed by atoms with Crippen molar-refractivity contribution in [2.24, 2.45) is 15.8 Å². The molecule has 0 spiro atoms. The van der Waals surface area contributed by atoms with Crippen LogP contribution in [0, 0.1) is 0 Å². The molecule has 0 aromatic carbocycles. The summed E-state index contributed by atoms with van der Waals surface area (Å²) in [4.78, 5) is 3.58. The highest BCUT2D eigenvalue weighted by molar-refractivity contribution is 5.80. The molecule has 0 amide bonds. The zero-order valence-corrected chi connectivity index (χ0v) is 3.13. The van der Waals surface area contributed by atoms with Gasteiger partial charge in [0, 0.05) is 0 Å². The van der Waals surface area contributed by atoms with Gasteiger partial charge in [-0.05, 0) is 0 Å². The molecule has 0 bridgehead atoms. The van der Waals surface area contributed by atoms with E-state index in [1.165, 1.54) is 11.8 Å². The van der Waals surface area contributed by atoms with Crippen LogP contribution in [0.15, 0.2) is 10.1 Å². The maximum absolute atomic E-state index is 5.10. The molecule has 1 rings (SSSR count). The van der Waals surface area contributed by atoms with Gasteiger partial charge in [0.25, 0.3) is 0 Å². The van der Waals surface area contributed by atoms with Crippen LogP contribution in [0.4, 0.5) is 0 Å². The molecule has 4 nitrogen and oxygen atoms in total. The number of hydrogen-bond acceptors (Lipinski definition) is 3. The number of nitrogens with zero attached hydrogens (tertiary/aromatic N) is 2. The van der Waals surface area contributed by atoms with E-state index in [-0.39, 0.29) is 0 Å². The topological polar surface area (TPSA) is 67.3 Å². The fourth-order valence-corrected chi connectivity index (χ4v) is 0.243. The third-order valence-electron chi connectivity index (χ3n) is 0.480. The molecule has 0 aliphatic carbocycles. The van der Waals surface area contributed by atoms with Gasteiger partial charge in [-0.25, -0.2) is 0 Å². The van der Waals surface area contributed by atoms with Crippen LogP contribution in [-0.4, -0.2) is 12.3 Å². The van der Waals surface area contributed by atoms with E-state index in [1.54, 1.807) is 0 Å². The van der Waals surface area contributed by atoms with Crippen molar-refractivity contribution in [1.29, 1.82) is 0 Å². The molecule has 4 N–H and O–H groups in total. The Morgan fingerprint density at radius 3 is 2.83 bits per heavy atom. The summed E-state index contributed by atoms with van der Waals surface area (Å²) in [7, 11) is 0. The van der Waals surface area contributed by atoms with Crippen molar-refractivity contribution >= 4 is 12.3 Å². The summed E-state index contributed by atoms with van der Waals surface area (Å²) in [6, 6.07) is 0. The molecule has 0 saturated heterocycles. The fourth-order valence-electron chi connectivity index (χ4n) is 0.243. The van der Waals surface area contributed by atoms with E-state index in [1.807, 2.05) is 0 Å². The average Bonchev–Trinajstić information content (AvgIpc) is 1.86. The maximum atomic E-state index is 5.10. The lowest BCUT2D eigenvalue weighted by atomic mass is 11.1. The maximum Gasteiger partial charge on any atom is 0.325 e. The van der Waals surface area contributed by atoms with E-state index in [4.69, 9.17) is 5.73 Å². The molecule has 1 aliphatic heterocycles. The summed E-state index contributed by atoms with van der Waals surface area (Å²) in [5.74, 6) is 0.481. The van der Waals surface area contributed by atoms with Gasteiger partial charge in [0.2, 0.25) is 0 Å². The zero-order valence-electron chi connectivity index (χ0n) is 3.13. The minimum atomic E-state index is 0.481. The Bertz CT molecular complexity index is 102. The quantitative estimate of drug-likeness (QED) is 0.323. The first-order valence-corrected chi connectivity index (χ1v) is 1.58. The van der Waals surface area contributed by atoms with E-state index in [0.717, 1.165) is 0 Å². The van der Waals surface area contributed by atoms with Gasteiger partial charge in [-0.2, -0.15) is 10.4 Å². The number of nitrogens with two attached hydrogens (primary N) is 2. The van der Waals surface area contributed by atoms with Crippen LogP contribution in [0.3, 0.4) is 0 Å². The number of rotatable bonds is 0. The van der Waals surface area contributed by atoms with Crippen LogP contribution in [0.2, 0.25) is 0 Å². The number of aliphatic imine (C=N–C) groups is 1. The Balaban J connectivity index is 2.61. The van der Waals surface area contributed by atoms with Gasteiger partial charge in [0.05, 0.1) is 0 Å². The molecular weight excluding hydrogens is 80.1 g/mol. The Labute approximate surface area is 34.7 Å². The third-order valence-corrected chi connectivity index (χ3v) is 0.480. The monoisotopic (exact) mass is 85.1 g/mol. The van der Waals surface area contributed by atoms with Gasteiger partial charge in [-0.15, -0.1) is 0 Å². The van der Waals surface area contributed by atoms with E-state index in [0.29, 0.717) is 5.96 Å². The van der Waals surface area contributed by atoms with E-state index in [9.17, 15) is 0 Å². The van der Waals surface area contributed by atoms with Crippen molar-refractivity contribution in [2.45, 2.75) is 0 Å². The van der Waals surface area contributed by atoms with Crippen LogP contribution in [0.25, 0.3) is 0 Å². The number of guanidine groups is 1. The summed E-state index contributed by atoms with van der Waals surface area (Å²) in [5, 5.41) is 3.59. The molecule has 32 valence electrons. The van der Waals surface area contributed by atoms with E-state index < -0.39 is 0 Å². The van der Waals surface area contributed by atoms with Crippen LogP contribution in [-0.2, 0) is 0 Å². The lowest BCUT2D eigenvalue weighted by Gasteiger charge is -1.73. The van der Waals surface area contributed by atoms with E-state index >= 15 is 0 Å². The first-order valence-electron chi connectivity index (χ1n) is 1.58. The van der Waals surface area contributed by atoms with Gasteiger partial charge in [-0.3, -0.25) is 0 Å². The van der Waals surface area contributed by atoms with Crippen molar-refractivity contribution in [2.75, 3.05) is 0 Å². The lowest BCUT2D eigenvalue weighted by Crippen LogP contribution is -2.83. The second kappa shape index (κ2) is 1.06. The minimum Gasteiger partial charge on any atom is -0.336 e. The summed E-state index contributed by atoms with van der Waals surface area (Å²) < 4.78 is 0. The average molecular weight is 85.1 g/mol. The smallest absolute Gasteiger partial charge is 0.325 e. The Morgan fingerprint density at radius 2 is 2.67 bits per heavy atom. The van der Waals surface area contributed by atoms with Crippen LogP contribution in [0.1, 0.15) is 0 Å². The highest BCUT2D eigenvalue weighted by atomic mass is 15.4. The highest BCUT2D eigenvalue weighted by Crippen LogP contribution is 1.57. The van der Waals surface area contributed by atoms with Crippen LogP contribution in [0.5, 0.6) is 0 Å². The molecule has 0 aromatic heterocycles. The second-order valence-electron chi connectivity index (χ2n) is 0.948. The Kier molecular flexibility index (Phi) is 0.582. The molecule has 0 unspecified atom stereocenters. The Morgan fingerprint density at radius 1 is 1.83 bits per heavy atom. The number of hydrogen-bond donors (Lipinski definition) is 2. The predicted molar refractivity (Wildman–Crippen MR) is 22.0 cm³/mol. The van der Waals surface area contributed by atoms with Gasteiger partial charge >= 0.3 is 5.96 Å². The predicted octanol–water partition coefficient (Wildman–Crippen LogP) is -2.18. The Hall–Kier alpha value is -0.900. The second-order valence-corrected chi connectivity index (χ2v) is 0.948. The summed E-state index contributed by atoms with van der Waals surface area (Å²) >= 11 is 0. The SMILES string of the molecule is NC1=NC=N[NH2+]1. The molecule has 1 heterocycles. The summed E-state index contributed by atoms with van der Waals surface area (Å²) in [6.07, 6.45) is 1.41. The first kappa shape index (κ1) is 3.30. The van der Waals surface area contributed by atoms with Crippen LogP contribution >= 0.6 is 0 Å².